The number of urea groups is 1. The third-order valence-electron chi connectivity index (χ3n) is 3.32. The summed E-state index contributed by atoms with van der Waals surface area (Å²) in [5, 5.41) is 9.33. The van der Waals surface area contributed by atoms with Crippen LogP contribution in [0.1, 0.15) is 5.56 Å². The van der Waals surface area contributed by atoms with E-state index in [2.05, 4.69) is 9.98 Å². The highest BCUT2D eigenvalue weighted by molar-refractivity contribution is 6.62. The molecule has 0 saturated heterocycles. The molecule has 0 saturated carbocycles. The molecule has 0 unspecified atom stereocenters. The van der Waals surface area contributed by atoms with Gasteiger partial charge in [-0.25, -0.2) is 14.7 Å². The Morgan fingerprint density at radius 2 is 1.67 bits per heavy atom. The molecule has 21 heavy (non-hydrogen) atoms. The summed E-state index contributed by atoms with van der Waals surface area (Å²) in [6.07, 6.45) is 0. The number of anilines is 1. The zero-order valence-electron chi connectivity index (χ0n) is 10.7. The van der Waals surface area contributed by atoms with Crippen LogP contribution in [-0.4, -0.2) is 22.7 Å². The van der Waals surface area contributed by atoms with Crippen LogP contribution in [0.3, 0.4) is 0 Å². The Kier molecular flexibility index (Phi) is 2.99. The van der Waals surface area contributed by atoms with Crippen LogP contribution in [0.5, 0.6) is 5.75 Å². The number of aliphatic imine (C=N–C) groups is 2. The molecule has 2 amide bonds. The number of hydrogen-bond donors (Lipinski definition) is 1. The lowest BCUT2D eigenvalue weighted by Crippen LogP contribution is -2.31. The van der Waals surface area contributed by atoms with Crippen molar-refractivity contribution in [2.75, 3.05) is 4.90 Å². The van der Waals surface area contributed by atoms with Crippen LogP contribution in [0.25, 0.3) is 0 Å². The van der Waals surface area contributed by atoms with E-state index in [1.165, 1.54) is 17.0 Å². The highest BCUT2D eigenvalue weighted by Crippen LogP contribution is 2.33. The first-order valence-electron chi connectivity index (χ1n) is 6.14. The Hall–Kier alpha value is -2.66. The molecule has 1 N–H and O–H groups in total. The molecule has 0 fully saturated rings. The van der Waals surface area contributed by atoms with Crippen LogP contribution < -0.4 is 4.90 Å². The first-order valence-corrected chi connectivity index (χ1v) is 6.14. The molecule has 2 heterocycles. The summed E-state index contributed by atoms with van der Waals surface area (Å²) in [5.41, 5.74) is 2.94. The van der Waals surface area contributed by atoms with Crippen LogP contribution >= 0.6 is 12.4 Å². The SMILES string of the molecule is Cl.O=C1N=C2C(=Nc3ccccc32)N1c1ccc(O)cc1. The fourth-order valence-electron chi connectivity index (χ4n) is 2.40. The van der Waals surface area contributed by atoms with E-state index in [1.807, 2.05) is 24.3 Å². The minimum Gasteiger partial charge on any atom is -0.508 e. The van der Waals surface area contributed by atoms with Gasteiger partial charge in [0.15, 0.2) is 5.84 Å². The predicted molar refractivity (Wildman–Crippen MR) is 83.3 cm³/mol. The number of nitrogens with zero attached hydrogens (tertiary/aromatic N) is 3. The minimum absolute atomic E-state index is 0. The second kappa shape index (κ2) is 4.71. The summed E-state index contributed by atoms with van der Waals surface area (Å²) in [7, 11) is 0. The van der Waals surface area contributed by atoms with E-state index >= 15 is 0 Å². The zero-order valence-corrected chi connectivity index (χ0v) is 11.5. The maximum Gasteiger partial charge on any atom is 0.354 e. The van der Waals surface area contributed by atoms with E-state index in [0.717, 1.165) is 11.3 Å². The number of fused-ring (bicyclic) bond motifs is 3. The third kappa shape index (κ3) is 1.90. The van der Waals surface area contributed by atoms with Crippen molar-refractivity contribution in [1.82, 2.24) is 0 Å². The molecule has 5 nitrogen and oxygen atoms in total. The number of phenolic OH excluding ortho intramolecular Hbond substituents is 1. The maximum atomic E-state index is 12.1. The topological polar surface area (TPSA) is 65.3 Å². The van der Waals surface area contributed by atoms with Gasteiger partial charge in [-0.2, -0.15) is 4.99 Å². The van der Waals surface area contributed by atoms with E-state index in [9.17, 15) is 9.90 Å². The number of amides is 2. The molecule has 0 aliphatic carbocycles. The second-order valence-corrected chi connectivity index (χ2v) is 4.55. The summed E-state index contributed by atoms with van der Waals surface area (Å²) in [6.45, 7) is 0. The van der Waals surface area contributed by atoms with Crippen molar-refractivity contribution < 1.29 is 9.90 Å². The van der Waals surface area contributed by atoms with Gasteiger partial charge in [0.05, 0.1) is 11.4 Å². The van der Waals surface area contributed by atoms with E-state index in [4.69, 9.17) is 0 Å². The Bertz CT molecular complexity index is 797. The molecule has 0 aromatic heterocycles. The monoisotopic (exact) mass is 299 g/mol. The number of rotatable bonds is 1. The number of halogens is 1. The molecule has 0 atom stereocenters. The van der Waals surface area contributed by atoms with E-state index in [0.29, 0.717) is 17.2 Å². The van der Waals surface area contributed by atoms with Gasteiger partial charge in [0.2, 0.25) is 0 Å². The lowest BCUT2D eigenvalue weighted by Gasteiger charge is -2.14. The number of para-hydroxylation sites is 1. The van der Waals surface area contributed by atoms with Crippen LogP contribution in [-0.2, 0) is 0 Å². The van der Waals surface area contributed by atoms with Crippen molar-refractivity contribution in [2.24, 2.45) is 9.98 Å². The van der Waals surface area contributed by atoms with Crippen LogP contribution in [0.15, 0.2) is 58.5 Å². The highest BCUT2D eigenvalue weighted by atomic mass is 35.5. The molecule has 104 valence electrons. The van der Waals surface area contributed by atoms with Crippen molar-refractivity contribution in [3.05, 3.63) is 54.1 Å². The van der Waals surface area contributed by atoms with Gasteiger partial charge in [0.25, 0.3) is 0 Å². The van der Waals surface area contributed by atoms with Gasteiger partial charge in [-0.15, -0.1) is 12.4 Å². The fourth-order valence-corrected chi connectivity index (χ4v) is 2.40. The van der Waals surface area contributed by atoms with Gasteiger partial charge in [0.1, 0.15) is 11.5 Å². The molecule has 0 radical (unpaired) electrons. The average Bonchev–Trinajstić information content (AvgIpc) is 2.95. The highest BCUT2D eigenvalue weighted by Gasteiger charge is 2.37. The lowest BCUT2D eigenvalue weighted by atomic mass is 10.1. The van der Waals surface area contributed by atoms with Gasteiger partial charge >= 0.3 is 6.03 Å². The molecule has 2 aliphatic rings. The van der Waals surface area contributed by atoms with E-state index in [-0.39, 0.29) is 24.2 Å². The second-order valence-electron chi connectivity index (χ2n) is 4.55. The van der Waals surface area contributed by atoms with Gasteiger partial charge < -0.3 is 5.11 Å². The van der Waals surface area contributed by atoms with Crippen LogP contribution in [0.4, 0.5) is 16.2 Å². The lowest BCUT2D eigenvalue weighted by molar-refractivity contribution is 0.257. The number of aromatic hydroxyl groups is 1. The predicted octanol–water partition coefficient (Wildman–Crippen LogP) is 3.29. The molecule has 2 aliphatic heterocycles. The fraction of sp³-hybridized carbons (Fsp3) is 0. The normalized spacial score (nSPS) is 15.0. The van der Waals surface area contributed by atoms with E-state index in [1.54, 1.807) is 12.1 Å². The molecule has 6 heteroatoms. The number of benzene rings is 2. The molecule has 2 aromatic rings. The number of carbonyl (C=O) groups excluding carboxylic acids is 1. The first kappa shape index (κ1) is 13.3. The Morgan fingerprint density at radius 1 is 0.952 bits per heavy atom. The molecule has 4 rings (SSSR count). The van der Waals surface area contributed by atoms with Crippen molar-refractivity contribution in [3.8, 4) is 5.75 Å². The first-order chi connectivity index (χ1) is 9.74. The van der Waals surface area contributed by atoms with Gasteiger partial charge in [-0.3, -0.25) is 0 Å². The summed E-state index contributed by atoms with van der Waals surface area (Å²) in [5.74, 6) is 0.695. The molecule has 0 spiro atoms. The minimum atomic E-state index is -0.362. The van der Waals surface area contributed by atoms with Crippen molar-refractivity contribution >= 4 is 41.4 Å². The molecule has 2 aromatic carbocycles. The number of hydrogen-bond acceptors (Lipinski definition) is 3. The number of carbonyl (C=O) groups is 1. The van der Waals surface area contributed by atoms with Crippen molar-refractivity contribution in [1.29, 1.82) is 0 Å². The van der Waals surface area contributed by atoms with Crippen molar-refractivity contribution in [2.45, 2.75) is 0 Å². The van der Waals surface area contributed by atoms with Gasteiger partial charge in [-0.1, -0.05) is 18.2 Å². The standard InChI is InChI=1S/C15H9N3O2.ClH/c19-10-7-5-9(6-8-10)18-14-13(17-15(18)20)11-3-1-2-4-12(11)16-14;/h1-8,19H;1H. The summed E-state index contributed by atoms with van der Waals surface area (Å²) >= 11 is 0. The quantitative estimate of drug-likeness (QED) is 0.878. The van der Waals surface area contributed by atoms with Crippen LogP contribution in [0, 0.1) is 0 Å². The molecular weight excluding hydrogens is 290 g/mol. The van der Waals surface area contributed by atoms with Crippen LogP contribution in [0.2, 0.25) is 0 Å². The Labute approximate surface area is 126 Å². The molecular formula is C15H10ClN3O2. The Morgan fingerprint density at radius 3 is 2.43 bits per heavy atom. The smallest absolute Gasteiger partial charge is 0.354 e. The summed E-state index contributed by atoms with van der Waals surface area (Å²) in [6, 6.07) is 13.6. The zero-order chi connectivity index (χ0) is 13.7. The van der Waals surface area contributed by atoms with Crippen molar-refractivity contribution in [3.63, 3.8) is 0 Å². The third-order valence-corrected chi connectivity index (χ3v) is 3.32. The number of phenols is 1. The largest absolute Gasteiger partial charge is 0.508 e. The molecule has 0 bridgehead atoms. The average molecular weight is 300 g/mol. The van der Waals surface area contributed by atoms with Gasteiger partial charge in [-0.05, 0) is 30.3 Å². The van der Waals surface area contributed by atoms with E-state index < -0.39 is 0 Å². The number of amidine groups is 1. The summed E-state index contributed by atoms with van der Waals surface area (Å²) < 4.78 is 0. The van der Waals surface area contributed by atoms with Gasteiger partial charge in [0, 0.05) is 5.56 Å². The maximum absolute atomic E-state index is 12.1. The Balaban J connectivity index is 0.00000132. The summed E-state index contributed by atoms with van der Waals surface area (Å²) in [4.78, 5) is 22.1.